The van der Waals surface area contributed by atoms with Crippen molar-refractivity contribution in [1.82, 2.24) is 24.9 Å². The van der Waals surface area contributed by atoms with E-state index in [0.29, 0.717) is 12.4 Å². The Morgan fingerprint density at radius 3 is 2.23 bits per heavy atom. The van der Waals surface area contributed by atoms with Crippen molar-refractivity contribution >= 4 is 5.82 Å². The first-order chi connectivity index (χ1) is 12.9. The molecule has 6 heteroatoms. The average Bonchev–Trinajstić information content (AvgIpc) is 2.74. The second-order valence-corrected chi connectivity index (χ2v) is 5.62. The van der Waals surface area contributed by atoms with Crippen molar-refractivity contribution in [1.29, 1.82) is 0 Å². The Kier molecular flexibility index (Phi) is 4.56. The third kappa shape index (κ3) is 3.70. The van der Waals surface area contributed by atoms with Gasteiger partial charge in [0.1, 0.15) is 5.82 Å². The highest BCUT2D eigenvalue weighted by Crippen LogP contribution is 2.23. The van der Waals surface area contributed by atoms with Gasteiger partial charge in [-0.1, -0.05) is 6.07 Å². The van der Waals surface area contributed by atoms with Crippen LogP contribution in [0.1, 0.15) is 5.56 Å². The van der Waals surface area contributed by atoms with Crippen LogP contribution in [0, 0.1) is 0 Å². The summed E-state index contributed by atoms with van der Waals surface area (Å²) in [6.07, 6.45) is 8.78. The molecule has 0 aromatic carbocycles. The molecule has 0 radical (unpaired) electrons. The summed E-state index contributed by atoms with van der Waals surface area (Å²) in [5, 5.41) is 3.36. The molecular formula is C20H16N6. The molecular weight excluding hydrogens is 324 g/mol. The summed E-state index contributed by atoms with van der Waals surface area (Å²) in [6.45, 7) is 0.650. The predicted octanol–water partition coefficient (Wildman–Crippen LogP) is 3.61. The molecule has 0 spiro atoms. The molecule has 6 nitrogen and oxygen atoms in total. The molecule has 126 valence electrons. The van der Waals surface area contributed by atoms with E-state index in [1.54, 1.807) is 31.0 Å². The number of aromatic nitrogens is 5. The molecule has 4 heterocycles. The van der Waals surface area contributed by atoms with Crippen LogP contribution < -0.4 is 5.32 Å². The highest BCUT2D eigenvalue weighted by atomic mass is 15.0. The first-order valence-corrected chi connectivity index (χ1v) is 8.22. The molecule has 0 unspecified atom stereocenters. The van der Waals surface area contributed by atoms with Crippen molar-refractivity contribution in [3.8, 4) is 22.8 Å². The fourth-order valence-electron chi connectivity index (χ4n) is 2.51. The first-order valence-electron chi connectivity index (χ1n) is 8.22. The van der Waals surface area contributed by atoms with Crippen LogP contribution in [0.5, 0.6) is 0 Å². The second-order valence-electron chi connectivity index (χ2n) is 5.62. The number of pyridine rings is 3. The van der Waals surface area contributed by atoms with Crippen LogP contribution in [-0.4, -0.2) is 24.9 Å². The monoisotopic (exact) mass is 340 g/mol. The van der Waals surface area contributed by atoms with Crippen molar-refractivity contribution in [2.75, 3.05) is 5.32 Å². The lowest BCUT2D eigenvalue weighted by Crippen LogP contribution is -2.04. The smallest absolute Gasteiger partial charge is 0.162 e. The molecule has 0 amide bonds. The Bertz CT molecular complexity index is 917. The van der Waals surface area contributed by atoms with Gasteiger partial charge < -0.3 is 5.32 Å². The Balaban J connectivity index is 1.70. The van der Waals surface area contributed by atoms with Crippen molar-refractivity contribution in [2.45, 2.75) is 6.54 Å². The van der Waals surface area contributed by atoms with E-state index in [-0.39, 0.29) is 0 Å². The second kappa shape index (κ2) is 7.48. The minimum absolute atomic E-state index is 0.632. The summed E-state index contributed by atoms with van der Waals surface area (Å²) in [7, 11) is 0. The summed E-state index contributed by atoms with van der Waals surface area (Å²) in [6, 6.07) is 15.4. The first kappa shape index (κ1) is 15.8. The number of hydrogen-bond acceptors (Lipinski definition) is 6. The largest absolute Gasteiger partial charge is 0.366 e. The van der Waals surface area contributed by atoms with Crippen LogP contribution in [0.4, 0.5) is 5.82 Å². The summed E-state index contributed by atoms with van der Waals surface area (Å²) >= 11 is 0. The Labute approximate surface area is 151 Å². The van der Waals surface area contributed by atoms with Crippen molar-refractivity contribution < 1.29 is 0 Å². The zero-order valence-electron chi connectivity index (χ0n) is 13.9. The molecule has 0 bridgehead atoms. The van der Waals surface area contributed by atoms with Gasteiger partial charge in [-0.3, -0.25) is 15.0 Å². The summed E-state index contributed by atoms with van der Waals surface area (Å²) in [5.74, 6) is 1.37. The van der Waals surface area contributed by atoms with E-state index >= 15 is 0 Å². The molecule has 0 atom stereocenters. The van der Waals surface area contributed by atoms with E-state index in [9.17, 15) is 0 Å². The lowest BCUT2D eigenvalue weighted by molar-refractivity contribution is 1.07. The van der Waals surface area contributed by atoms with Crippen LogP contribution in [0.2, 0.25) is 0 Å². The third-order valence-corrected chi connectivity index (χ3v) is 3.81. The van der Waals surface area contributed by atoms with E-state index in [2.05, 4.69) is 30.2 Å². The van der Waals surface area contributed by atoms with Crippen molar-refractivity contribution in [3.05, 3.63) is 85.1 Å². The number of nitrogens with one attached hydrogen (secondary N) is 1. The SMILES string of the molecule is c1ccc(-c2cc(NCc3ccncc3)nc(-c3ccncc3)n2)nc1. The maximum atomic E-state index is 4.68. The Morgan fingerprint density at radius 2 is 1.50 bits per heavy atom. The van der Waals surface area contributed by atoms with Crippen LogP contribution in [0.25, 0.3) is 22.8 Å². The molecule has 4 aromatic rings. The zero-order valence-corrected chi connectivity index (χ0v) is 13.9. The number of rotatable bonds is 5. The van der Waals surface area contributed by atoms with E-state index in [0.717, 1.165) is 28.3 Å². The number of anilines is 1. The highest BCUT2D eigenvalue weighted by molar-refractivity contribution is 5.65. The molecule has 4 aromatic heterocycles. The quantitative estimate of drug-likeness (QED) is 0.598. The molecule has 0 saturated heterocycles. The fraction of sp³-hybridized carbons (Fsp3) is 0.0500. The van der Waals surface area contributed by atoms with Gasteiger partial charge in [0.25, 0.3) is 0 Å². The van der Waals surface area contributed by atoms with Crippen molar-refractivity contribution in [2.24, 2.45) is 0 Å². The van der Waals surface area contributed by atoms with Crippen LogP contribution in [0.15, 0.2) is 79.5 Å². The fourth-order valence-corrected chi connectivity index (χ4v) is 2.51. The van der Waals surface area contributed by atoms with E-state index in [1.807, 2.05) is 48.5 Å². The van der Waals surface area contributed by atoms with Gasteiger partial charge in [0, 0.05) is 49.2 Å². The normalized spacial score (nSPS) is 10.5. The third-order valence-electron chi connectivity index (χ3n) is 3.81. The Hall–Kier alpha value is -3.67. The minimum Gasteiger partial charge on any atom is -0.366 e. The van der Waals surface area contributed by atoms with Crippen molar-refractivity contribution in [3.63, 3.8) is 0 Å². The summed E-state index contributed by atoms with van der Waals surface area (Å²) in [4.78, 5) is 21.8. The summed E-state index contributed by atoms with van der Waals surface area (Å²) < 4.78 is 0. The maximum absolute atomic E-state index is 4.68. The van der Waals surface area contributed by atoms with E-state index in [1.165, 1.54) is 0 Å². The van der Waals surface area contributed by atoms with Gasteiger partial charge in [-0.15, -0.1) is 0 Å². The molecule has 0 aliphatic carbocycles. The van der Waals surface area contributed by atoms with E-state index < -0.39 is 0 Å². The van der Waals surface area contributed by atoms with Crippen LogP contribution in [0.3, 0.4) is 0 Å². The van der Waals surface area contributed by atoms with Gasteiger partial charge in [-0.25, -0.2) is 9.97 Å². The minimum atomic E-state index is 0.632. The lowest BCUT2D eigenvalue weighted by atomic mass is 10.2. The molecule has 26 heavy (non-hydrogen) atoms. The lowest BCUT2D eigenvalue weighted by Gasteiger charge is -2.10. The number of nitrogens with zero attached hydrogens (tertiary/aromatic N) is 5. The molecule has 0 fully saturated rings. The van der Waals surface area contributed by atoms with Gasteiger partial charge >= 0.3 is 0 Å². The average molecular weight is 340 g/mol. The zero-order chi connectivity index (χ0) is 17.6. The summed E-state index contributed by atoms with van der Waals surface area (Å²) in [5.41, 5.74) is 3.61. The molecule has 0 aliphatic rings. The Morgan fingerprint density at radius 1 is 0.731 bits per heavy atom. The van der Waals surface area contributed by atoms with E-state index in [4.69, 9.17) is 0 Å². The molecule has 4 rings (SSSR count). The standard InChI is InChI=1S/C20H16N6/c1-2-8-23-17(3-1)18-13-19(24-14-15-4-9-21-10-5-15)26-20(25-18)16-6-11-22-12-7-16/h1-13H,14H2,(H,24,25,26). The predicted molar refractivity (Wildman–Crippen MR) is 100 cm³/mol. The van der Waals surface area contributed by atoms with Gasteiger partial charge in [0.2, 0.25) is 0 Å². The van der Waals surface area contributed by atoms with Crippen LogP contribution >= 0.6 is 0 Å². The molecule has 0 saturated carbocycles. The number of hydrogen-bond donors (Lipinski definition) is 1. The van der Waals surface area contributed by atoms with Gasteiger partial charge in [0.15, 0.2) is 5.82 Å². The topological polar surface area (TPSA) is 76.5 Å². The van der Waals surface area contributed by atoms with Gasteiger partial charge in [-0.05, 0) is 42.0 Å². The van der Waals surface area contributed by atoms with Gasteiger partial charge in [0.05, 0.1) is 11.4 Å². The molecule has 0 aliphatic heterocycles. The van der Waals surface area contributed by atoms with Crippen LogP contribution in [-0.2, 0) is 6.54 Å². The molecule has 1 N–H and O–H groups in total. The van der Waals surface area contributed by atoms with Gasteiger partial charge in [-0.2, -0.15) is 0 Å². The maximum Gasteiger partial charge on any atom is 0.162 e. The highest BCUT2D eigenvalue weighted by Gasteiger charge is 2.09.